The molecule has 3 rings (SSSR count). The zero-order valence-electron chi connectivity index (χ0n) is 14.0. The van der Waals surface area contributed by atoms with Crippen molar-refractivity contribution < 1.29 is 0 Å². The summed E-state index contributed by atoms with van der Waals surface area (Å²) in [6, 6.07) is 1.95. The first kappa shape index (κ1) is 16.4. The van der Waals surface area contributed by atoms with Crippen LogP contribution in [0.4, 0.5) is 5.13 Å². The maximum atomic E-state index is 12.0. The van der Waals surface area contributed by atoms with E-state index in [1.165, 1.54) is 54.4 Å². The van der Waals surface area contributed by atoms with Gasteiger partial charge in [-0.2, -0.15) is 4.52 Å². The molecular formula is C17H26N4OS. The molecule has 0 aliphatic heterocycles. The fourth-order valence-electron chi connectivity index (χ4n) is 3.34. The minimum Gasteiger partial charge on any atom is -0.358 e. The first-order valence-corrected chi connectivity index (χ1v) is 9.63. The van der Waals surface area contributed by atoms with Crippen LogP contribution in [0.25, 0.3) is 4.96 Å². The number of aromatic nitrogens is 3. The Bertz CT molecular complexity index is 702. The van der Waals surface area contributed by atoms with Crippen molar-refractivity contribution >= 4 is 21.4 Å². The van der Waals surface area contributed by atoms with E-state index < -0.39 is 0 Å². The van der Waals surface area contributed by atoms with Crippen molar-refractivity contribution in [2.24, 2.45) is 5.92 Å². The molecule has 126 valence electrons. The number of fused-ring (bicyclic) bond motifs is 1. The second-order valence-electron chi connectivity index (χ2n) is 6.67. The zero-order valence-corrected chi connectivity index (χ0v) is 14.9. The van der Waals surface area contributed by atoms with E-state index in [0.29, 0.717) is 11.0 Å². The lowest BCUT2D eigenvalue weighted by Crippen LogP contribution is -2.19. The molecule has 1 unspecified atom stereocenters. The van der Waals surface area contributed by atoms with Crippen molar-refractivity contribution in [1.29, 1.82) is 0 Å². The van der Waals surface area contributed by atoms with Crippen molar-refractivity contribution in [3.05, 3.63) is 22.1 Å². The van der Waals surface area contributed by atoms with Crippen LogP contribution in [0.5, 0.6) is 0 Å². The molecule has 2 heterocycles. The molecule has 0 amide bonds. The molecule has 1 aliphatic carbocycles. The second-order valence-corrected chi connectivity index (χ2v) is 7.62. The number of hydrogen-bond donors (Lipinski definition) is 1. The average molecular weight is 334 g/mol. The predicted molar refractivity (Wildman–Crippen MR) is 95.4 cm³/mol. The van der Waals surface area contributed by atoms with E-state index in [2.05, 4.69) is 22.3 Å². The second kappa shape index (κ2) is 7.43. The summed E-state index contributed by atoms with van der Waals surface area (Å²) < 4.78 is 1.40. The lowest BCUT2D eigenvalue weighted by atomic mass is 9.85. The van der Waals surface area contributed by atoms with Gasteiger partial charge in [0.05, 0.1) is 0 Å². The first-order chi connectivity index (χ1) is 11.2. The fraction of sp³-hybridized carbons (Fsp3) is 0.706. The van der Waals surface area contributed by atoms with Crippen LogP contribution >= 0.6 is 11.3 Å². The number of nitrogens with one attached hydrogen (secondary N) is 1. The zero-order chi connectivity index (χ0) is 16.2. The Morgan fingerprint density at radius 2 is 2.17 bits per heavy atom. The van der Waals surface area contributed by atoms with Crippen molar-refractivity contribution in [3.63, 3.8) is 0 Å². The van der Waals surface area contributed by atoms with Gasteiger partial charge in [0, 0.05) is 17.8 Å². The minimum atomic E-state index is -0.0917. The van der Waals surface area contributed by atoms with Gasteiger partial charge in [0.1, 0.15) is 0 Å². The fourth-order valence-corrected chi connectivity index (χ4v) is 4.28. The highest BCUT2D eigenvalue weighted by atomic mass is 32.1. The molecule has 5 nitrogen and oxygen atoms in total. The first-order valence-electron chi connectivity index (χ1n) is 8.82. The molecule has 0 spiro atoms. The van der Waals surface area contributed by atoms with Gasteiger partial charge in [0.15, 0.2) is 0 Å². The Morgan fingerprint density at radius 1 is 1.39 bits per heavy atom. The Labute approximate surface area is 141 Å². The molecule has 6 heteroatoms. The van der Waals surface area contributed by atoms with Crippen molar-refractivity contribution in [2.75, 3.05) is 5.32 Å². The monoisotopic (exact) mass is 334 g/mol. The van der Waals surface area contributed by atoms with Crippen molar-refractivity contribution in [2.45, 2.75) is 71.3 Å². The molecule has 0 radical (unpaired) electrons. The van der Waals surface area contributed by atoms with Gasteiger partial charge in [0.25, 0.3) is 5.56 Å². The van der Waals surface area contributed by atoms with E-state index >= 15 is 0 Å². The Hall–Kier alpha value is -1.43. The van der Waals surface area contributed by atoms with E-state index in [4.69, 9.17) is 0 Å². The number of hydrogen-bond acceptors (Lipinski definition) is 5. The van der Waals surface area contributed by atoms with Gasteiger partial charge >= 0.3 is 0 Å². The third-order valence-electron chi connectivity index (χ3n) is 4.76. The van der Waals surface area contributed by atoms with Crippen LogP contribution in [0.1, 0.15) is 64.5 Å². The summed E-state index contributed by atoms with van der Waals surface area (Å²) in [5, 5.41) is 8.61. The Balaban J connectivity index is 1.61. The van der Waals surface area contributed by atoms with Crippen molar-refractivity contribution in [3.8, 4) is 0 Å². The molecule has 1 saturated carbocycles. The van der Waals surface area contributed by atoms with Crippen LogP contribution in [-0.2, 0) is 6.42 Å². The SMILES string of the molecule is CCc1cc(=O)n2nc(NC(C)CCC3CCCCC3)sc2n1. The quantitative estimate of drug-likeness (QED) is 0.871. The average Bonchev–Trinajstić information content (AvgIpc) is 2.96. The summed E-state index contributed by atoms with van der Waals surface area (Å²) in [6.07, 6.45) is 10.2. The highest BCUT2D eigenvalue weighted by Gasteiger charge is 2.15. The van der Waals surface area contributed by atoms with Gasteiger partial charge in [-0.25, -0.2) is 4.98 Å². The normalized spacial score (nSPS) is 17.5. The van der Waals surface area contributed by atoms with E-state index in [1.807, 2.05) is 6.92 Å². The Kier molecular flexibility index (Phi) is 5.30. The van der Waals surface area contributed by atoms with Gasteiger partial charge in [0.2, 0.25) is 10.1 Å². The maximum absolute atomic E-state index is 12.0. The van der Waals surface area contributed by atoms with E-state index in [1.54, 1.807) is 6.07 Å². The topological polar surface area (TPSA) is 59.3 Å². The van der Waals surface area contributed by atoms with Crippen molar-refractivity contribution in [1.82, 2.24) is 14.6 Å². The minimum absolute atomic E-state index is 0.0917. The largest absolute Gasteiger partial charge is 0.358 e. The smallest absolute Gasteiger partial charge is 0.275 e. The molecule has 0 bridgehead atoms. The van der Waals surface area contributed by atoms with Gasteiger partial charge in [-0.05, 0) is 32.1 Å². The van der Waals surface area contributed by atoms with Crippen LogP contribution in [0.15, 0.2) is 10.9 Å². The molecule has 2 aromatic rings. The summed E-state index contributed by atoms with van der Waals surface area (Å²) >= 11 is 1.46. The molecule has 2 aromatic heterocycles. The van der Waals surface area contributed by atoms with E-state index in [0.717, 1.165) is 29.6 Å². The van der Waals surface area contributed by atoms with Gasteiger partial charge in [-0.3, -0.25) is 4.79 Å². The molecule has 1 N–H and O–H groups in total. The number of rotatable bonds is 6. The lowest BCUT2D eigenvalue weighted by molar-refractivity contribution is 0.328. The number of nitrogens with zero attached hydrogens (tertiary/aromatic N) is 3. The highest BCUT2D eigenvalue weighted by Crippen LogP contribution is 2.28. The number of anilines is 1. The highest BCUT2D eigenvalue weighted by molar-refractivity contribution is 7.20. The number of aryl methyl sites for hydroxylation is 1. The van der Waals surface area contributed by atoms with Crippen LogP contribution in [0.3, 0.4) is 0 Å². The summed E-state index contributed by atoms with van der Waals surface area (Å²) in [4.78, 5) is 17.2. The molecule has 0 saturated heterocycles. The molecule has 1 fully saturated rings. The predicted octanol–water partition coefficient (Wildman–Crippen LogP) is 3.87. The summed E-state index contributed by atoms with van der Waals surface area (Å²) in [7, 11) is 0. The third kappa shape index (κ3) is 4.10. The van der Waals surface area contributed by atoms with Crippen LogP contribution in [0, 0.1) is 5.92 Å². The van der Waals surface area contributed by atoms with Crippen LogP contribution in [0.2, 0.25) is 0 Å². The molecule has 0 aromatic carbocycles. The maximum Gasteiger partial charge on any atom is 0.275 e. The van der Waals surface area contributed by atoms with Gasteiger partial charge in [-0.15, -0.1) is 5.10 Å². The van der Waals surface area contributed by atoms with Crippen LogP contribution in [-0.4, -0.2) is 20.6 Å². The summed E-state index contributed by atoms with van der Waals surface area (Å²) in [6.45, 7) is 4.20. The van der Waals surface area contributed by atoms with Gasteiger partial charge < -0.3 is 5.32 Å². The molecule has 1 aliphatic rings. The summed E-state index contributed by atoms with van der Waals surface area (Å²) in [5.74, 6) is 0.903. The Morgan fingerprint density at radius 3 is 2.91 bits per heavy atom. The summed E-state index contributed by atoms with van der Waals surface area (Å²) in [5.41, 5.74) is 0.738. The molecule has 1 atom stereocenters. The molecular weight excluding hydrogens is 308 g/mol. The van der Waals surface area contributed by atoms with Gasteiger partial charge in [-0.1, -0.05) is 50.4 Å². The standard InChI is InChI=1S/C17H26N4OS/c1-3-14-11-15(22)21-17(19-14)23-16(20-21)18-12(2)9-10-13-7-5-4-6-8-13/h11-13H,3-10H2,1-2H3,(H,18,20). The van der Waals surface area contributed by atoms with Crippen LogP contribution < -0.4 is 10.9 Å². The van der Waals surface area contributed by atoms with E-state index in [-0.39, 0.29) is 5.56 Å². The third-order valence-corrected chi connectivity index (χ3v) is 5.60. The lowest BCUT2D eigenvalue weighted by Gasteiger charge is -2.23. The molecule has 23 heavy (non-hydrogen) atoms. The van der Waals surface area contributed by atoms with E-state index in [9.17, 15) is 4.79 Å².